The predicted molar refractivity (Wildman–Crippen MR) is 152 cm³/mol. The molecule has 0 atom stereocenters. The first-order chi connectivity index (χ1) is 17.7. The molecule has 0 fully saturated rings. The Bertz CT molecular complexity index is 1830. The van der Waals surface area contributed by atoms with Crippen molar-refractivity contribution in [2.45, 2.75) is 26.7 Å². The number of nitrogens with zero attached hydrogens (tertiary/aromatic N) is 3. The first-order valence-electron chi connectivity index (χ1n) is 11.5. The second kappa shape index (κ2) is 10.8. The number of fused-ring (bicyclic) bond motifs is 1. The maximum Gasteiger partial charge on any atom is 0.277 e. The average Bonchev–Trinajstić information content (AvgIpc) is 3.38. The smallest absolute Gasteiger partial charge is 0.277 e. The number of benzene rings is 2. The third-order valence-corrected chi connectivity index (χ3v) is 6.39. The Morgan fingerprint density at radius 2 is 1.38 bits per heavy atom. The lowest BCUT2D eigenvalue weighted by Crippen LogP contribution is -2.20. The van der Waals surface area contributed by atoms with Crippen LogP contribution in [-0.4, -0.2) is 29.1 Å². The van der Waals surface area contributed by atoms with E-state index in [0.29, 0.717) is 15.9 Å². The molecule has 3 aromatic heterocycles. The van der Waals surface area contributed by atoms with E-state index in [9.17, 15) is 9.59 Å². The van der Waals surface area contributed by atoms with Crippen molar-refractivity contribution < 1.29 is 0 Å². The largest absolute Gasteiger partial charge is 0.391 e. The first kappa shape index (κ1) is 25.8. The number of rotatable bonds is 4. The van der Waals surface area contributed by atoms with Gasteiger partial charge in [0.25, 0.3) is 11.1 Å². The van der Waals surface area contributed by atoms with E-state index in [1.54, 1.807) is 9.13 Å². The van der Waals surface area contributed by atoms with Crippen LogP contribution in [0.15, 0.2) is 64.4 Å². The van der Waals surface area contributed by atoms with Crippen LogP contribution in [0.2, 0.25) is 0 Å². The molecule has 5 rings (SSSR count). The molecule has 0 aliphatic rings. The van der Waals surface area contributed by atoms with Gasteiger partial charge in [0, 0.05) is 0 Å². The van der Waals surface area contributed by atoms with Gasteiger partial charge in [-0.3, -0.25) is 28.7 Å². The maximum absolute atomic E-state index is 11.8. The van der Waals surface area contributed by atoms with Crippen LogP contribution in [0.1, 0.15) is 25.0 Å². The van der Waals surface area contributed by atoms with Crippen LogP contribution in [-0.2, 0) is 12.8 Å². The number of nitrogens with two attached hydrogens (primary N) is 2. The second-order valence-corrected chi connectivity index (χ2v) is 8.91. The molecule has 190 valence electrons. The fourth-order valence-electron chi connectivity index (χ4n) is 3.83. The third kappa shape index (κ3) is 5.15. The summed E-state index contributed by atoms with van der Waals surface area (Å²) in [4.78, 5) is 35.4. The van der Waals surface area contributed by atoms with Gasteiger partial charge in [-0.25, -0.2) is 4.98 Å². The summed E-state index contributed by atoms with van der Waals surface area (Å²) >= 11 is 10.4. The number of H-pyrrole nitrogens is 3. The van der Waals surface area contributed by atoms with Crippen LogP contribution in [0.5, 0.6) is 0 Å². The molecule has 0 saturated heterocycles. The van der Waals surface area contributed by atoms with Crippen LogP contribution < -0.4 is 22.6 Å². The Kier molecular flexibility index (Phi) is 7.50. The summed E-state index contributed by atoms with van der Waals surface area (Å²) in [5.41, 5.74) is 15.8. The summed E-state index contributed by atoms with van der Waals surface area (Å²) in [5.74, 6) is 0.164. The van der Waals surface area contributed by atoms with Crippen LogP contribution in [0.25, 0.3) is 22.5 Å². The van der Waals surface area contributed by atoms with E-state index in [4.69, 9.17) is 35.9 Å². The highest BCUT2D eigenvalue weighted by Crippen LogP contribution is 2.18. The highest BCUT2D eigenvalue weighted by molar-refractivity contribution is 7.71. The number of nitrogens with one attached hydrogen (secondary N) is 3. The molecule has 3 heterocycles. The molecule has 0 bridgehead atoms. The van der Waals surface area contributed by atoms with Crippen LogP contribution in [0.4, 0.5) is 11.5 Å². The van der Waals surface area contributed by atoms with Gasteiger partial charge in [0.2, 0.25) is 0 Å². The summed E-state index contributed by atoms with van der Waals surface area (Å²) in [5, 5.41) is 0. The van der Waals surface area contributed by atoms with Gasteiger partial charge in [-0.15, -0.1) is 0 Å². The molecule has 7 N–H and O–H groups in total. The zero-order valence-electron chi connectivity index (χ0n) is 20.2. The minimum Gasteiger partial charge on any atom is -0.391 e. The van der Waals surface area contributed by atoms with Crippen molar-refractivity contribution in [3.63, 3.8) is 0 Å². The van der Waals surface area contributed by atoms with Crippen molar-refractivity contribution in [3.8, 4) is 11.4 Å². The zero-order chi connectivity index (χ0) is 26.7. The molecule has 37 heavy (non-hydrogen) atoms. The summed E-state index contributed by atoms with van der Waals surface area (Å²) in [7, 11) is 0. The van der Waals surface area contributed by atoms with Gasteiger partial charge in [0.05, 0.1) is 17.7 Å². The van der Waals surface area contributed by atoms with Gasteiger partial charge in [0.15, 0.2) is 15.2 Å². The third-order valence-electron chi connectivity index (χ3n) is 5.82. The lowest BCUT2D eigenvalue weighted by atomic mass is 10.1. The van der Waals surface area contributed by atoms with Gasteiger partial charge in [-0.05, 0) is 72.7 Å². The Morgan fingerprint density at radius 3 is 1.97 bits per heavy atom. The van der Waals surface area contributed by atoms with Gasteiger partial charge in [-0.2, -0.15) is 0 Å². The molecule has 12 heteroatoms. The number of hydrogen-bond acceptors (Lipinski definition) is 7. The highest BCUT2D eigenvalue weighted by atomic mass is 32.1. The highest BCUT2D eigenvalue weighted by Gasteiger charge is 2.10. The lowest BCUT2D eigenvalue weighted by Gasteiger charge is -2.12. The fourth-order valence-corrected chi connectivity index (χ4v) is 4.41. The van der Waals surface area contributed by atoms with E-state index in [0.717, 1.165) is 29.8 Å². The molecule has 0 aliphatic heterocycles. The van der Waals surface area contributed by atoms with E-state index < -0.39 is 5.56 Å². The standard InChI is InChI=1S/C13H12N4OS.C12H14N4OS/c1-2-8-4-3-5-9(6-8)17-11-10(14-7-15-11)12(18)16-13(17)19;1-2-7-4-3-5-8(6-7)16-10(14)9(13)11(17)15-12(16)18/h3-7H,2H2,1H3,(H,14,15)(H,16,18,19);3-6H,2,13-14H2,1H3,(H,15,17,18). The van der Waals surface area contributed by atoms with Crippen molar-refractivity contribution >= 4 is 47.1 Å². The van der Waals surface area contributed by atoms with Gasteiger partial charge in [0.1, 0.15) is 17.0 Å². The summed E-state index contributed by atoms with van der Waals surface area (Å²) < 4.78 is 3.91. The van der Waals surface area contributed by atoms with Gasteiger partial charge >= 0.3 is 0 Å². The van der Waals surface area contributed by atoms with E-state index in [-0.39, 0.29) is 21.8 Å². The number of anilines is 2. The Morgan fingerprint density at radius 1 is 0.838 bits per heavy atom. The van der Waals surface area contributed by atoms with Crippen molar-refractivity contribution in [1.82, 2.24) is 29.1 Å². The molecular weight excluding hydrogens is 508 g/mol. The van der Waals surface area contributed by atoms with Crippen molar-refractivity contribution in [2.75, 3.05) is 11.5 Å². The molecule has 0 spiro atoms. The molecule has 0 aliphatic carbocycles. The van der Waals surface area contributed by atoms with E-state index in [2.05, 4.69) is 39.8 Å². The molecule has 0 unspecified atom stereocenters. The zero-order valence-corrected chi connectivity index (χ0v) is 21.9. The average molecular weight is 535 g/mol. The Balaban J connectivity index is 0.000000173. The second-order valence-electron chi connectivity index (χ2n) is 8.14. The molecular formula is C25H26N8O2S2. The fraction of sp³-hybridized carbons (Fsp3) is 0.160. The number of nitrogen functional groups attached to an aromatic ring is 2. The minimum absolute atomic E-state index is 0.0227. The van der Waals surface area contributed by atoms with Crippen LogP contribution >= 0.6 is 24.4 Å². The molecule has 0 saturated carbocycles. The normalized spacial score (nSPS) is 10.8. The summed E-state index contributed by atoms with van der Waals surface area (Å²) in [6.07, 6.45) is 3.34. The quantitative estimate of drug-likeness (QED) is 0.219. The monoisotopic (exact) mass is 534 g/mol. The Labute approximate surface area is 221 Å². The van der Waals surface area contributed by atoms with E-state index in [1.807, 2.05) is 42.5 Å². The number of aryl methyl sites for hydroxylation is 2. The van der Waals surface area contributed by atoms with Gasteiger partial charge in [-0.1, -0.05) is 38.1 Å². The van der Waals surface area contributed by atoms with Crippen LogP contribution in [0, 0.1) is 9.54 Å². The van der Waals surface area contributed by atoms with Crippen molar-refractivity contribution in [2.24, 2.45) is 0 Å². The first-order valence-corrected chi connectivity index (χ1v) is 12.3. The number of hydrogen-bond donors (Lipinski definition) is 5. The van der Waals surface area contributed by atoms with E-state index in [1.165, 1.54) is 11.9 Å². The summed E-state index contributed by atoms with van der Waals surface area (Å²) in [6.45, 7) is 4.15. The minimum atomic E-state index is -0.458. The lowest BCUT2D eigenvalue weighted by molar-refractivity contribution is 0.950. The van der Waals surface area contributed by atoms with Crippen LogP contribution in [0.3, 0.4) is 0 Å². The summed E-state index contributed by atoms with van der Waals surface area (Å²) in [6, 6.07) is 15.8. The van der Waals surface area contributed by atoms with Crippen molar-refractivity contribution in [1.29, 1.82) is 0 Å². The molecule has 2 aromatic carbocycles. The molecule has 0 amide bonds. The van der Waals surface area contributed by atoms with E-state index >= 15 is 0 Å². The molecule has 10 nitrogen and oxygen atoms in total. The predicted octanol–water partition coefficient (Wildman–Crippen LogP) is 3.96. The number of aromatic amines is 3. The number of aromatic nitrogens is 6. The Hall–Kier alpha value is -4.29. The molecule has 0 radical (unpaired) electrons. The molecule has 5 aromatic rings. The number of imidazole rings is 1. The van der Waals surface area contributed by atoms with Crippen molar-refractivity contribution in [3.05, 3.63) is 96.2 Å². The maximum atomic E-state index is 11.8. The SMILES string of the molecule is CCc1cccc(-n2c(=S)[nH]c(=O)c3[nH]cnc32)c1.CCc1cccc(-n2c(N)c(N)c(=O)[nH]c2=S)c1. The topological polar surface area (TPSA) is 156 Å². The van der Waals surface area contributed by atoms with Gasteiger partial charge < -0.3 is 16.5 Å².